The molecule has 1 N–H and O–H groups in total. The van der Waals surface area contributed by atoms with Gasteiger partial charge in [0, 0.05) is 5.69 Å². The topological polar surface area (TPSA) is 33.6 Å². The van der Waals surface area contributed by atoms with Crippen LogP contribution in [0.15, 0.2) is 59.6 Å². The van der Waals surface area contributed by atoms with Crippen molar-refractivity contribution < 1.29 is 4.74 Å². The van der Waals surface area contributed by atoms with Gasteiger partial charge in [0.1, 0.15) is 5.75 Å². The Balaban J connectivity index is 2.13. The van der Waals surface area contributed by atoms with E-state index >= 15 is 0 Å². The van der Waals surface area contributed by atoms with Crippen molar-refractivity contribution in [3.05, 3.63) is 54.6 Å². The van der Waals surface area contributed by atoms with Gasteiger partial charge in [0.05, 0.1) is 12.8 Å². The number of anilines is 1. The first-order chi connectivity index (χ1) is 9.31. The second kappa shape index (κ2) is 6.85. The highest BCUT2D eigenvalue weighted by atomic mass is 32.2. The van der Waals surface area contributed by atoms with E-state index in [1.54, 1.807) is 18.9 Å². The van der Waals surface area contributed by atoms with Crippen LogP contribution in [0, 0.1) is 0 Å². The minimum absolute atomic E-state index is 0.834. The van der Waals surface area contributed by atoms with Gasteiger partial charge >= 0.3 is 0 Å². The molecule has 4 heteroatoms. The Bertz CT molecular complexity index is 538. The molecule has 0 fully saturated rings. The summed E-state index contributed by atoms with van der Waals surface area (Å²) in [4.78, 5) is 4.56. The van der Waals surface area contributed by atoms with E-state index in [-0.39, 0.29) is 0 Å². The molecule has 98 valence electrons. The average molecular weight is 272 g/mol. The molecule has 0 saturated carbocycles. The van der Waals surface area contributed by atoms with Gasteiger partial charge in [0.25, 0.3) is 0 Å². The first-order valence-electron chi connectivity index (χ1n) is 5.90. The van der Waals surface area contributed by atoms with E-state index in [4.69, 9.17) is 4.74 Å². The van der Waals surface area contributed by atoms with Gasteiger partial charge in [0.2, 0.25) is 0 Å². The Morgan fingerprint density at radius 3 is 2.32 bits per heavy atom. The number of aliphatic imine (C=N–C) groups is 1. The number of thioether (sulfide) groups is 1. The lowest BCUT2D eigenvalue weighted by atomic mass is 10.3. The summed E-state index contributed by atoms with van der Waals surface area (Å²) in [5, 5.41) is 4.15. The van der Waals surface area contributed by atoms with Gasteiger partial charge in [-0.2, -0.15) is 0 Å². The molecule has 0 aromatic heterocycles. The molecule has 2 aromatic rings. The molecule has 0 bridgehead atoms. The van der Waals surface area contributed by atoms with Gasteiger partial charge in [-0.1, -0.05) is 30.0 Å². The summed E-state index contributed by atoms with van der Waals surface area (Å²) in [6.07, 6.45) is 2.00. The molecule has 0 heterocycles. The fourth-order valence-corrected chi connectivity index (χ4v) is 1.96. The molecule has 0 aliphatic heterocycles. The smallest absolute Gasteiger partial charge is 0.165 e. The zero-order valence-electron chi connectivity index (χ0n) is 11.0. The van der Waals surface area contributed by atoms with Gasteiger partial charge in [0.15, 0.2) is 5.17 Å². The van der Waals surface area contributed by atoms with Crippen LogP contribution in [0.3, 0.4) is 0 Å². The van der Waals surface area contributed by atoms with Gasteiger partial charge in [-0.3, -0.25) is 0 Å². The van der Waals surface area contributed by atoms with E-state index in [2.05, 4.69) is 10.3 Å². The van der Waals surface area contributed by atoms with Crippen LogP contribution in [-0.4, -0.2) is 18.5 Å². The van der Waals surface area contributed by atoms with Crippen molar-refractivity contribution in [3.63, 3.8) is 0 Å². The summed E-state index contributed by atoms with van der Waals surface area (Å²) >= 11 is 1.58. The summed E-state index contributed by atoms with van der Waals surface area (Å²) in [7, 11) is 1.66. The molecule has 19 heavy (non-hydrogen) atoms. The van der Waals surface area contributed by atoms with E-state index in [1.165, 1.54) is 0 Å². The molecular formula is C15H16N2OS. The van der Waals surface area contributed by atoms with Gasteiger partial charge in [-0.25, -0.2) is 4.99 Å². The average Bonchev–Trinajstić information content (AvgIpc) is 2.48. The Hall–Kier alpha value is -1.94. The molecule has 2 aromatic carbocycles. The molecule has 0 radical (unpaired) electrons. The van der Waals surface area contributed by atoms with Crippen molar-refractivity contribution in [3.8, 4) is 5.75 Å². The first kappa shape index (κ1) is 13.5. The van der Waals surface area contributed by atoms with Crippen molar-refractivity contribution in [2.75, 3.05) is 18.7 Å². The van der Waals surface area contributed by atoms with Gasteiger partial charge in [-0.05, 0) is 42.7 Å². The van der Waals surface area contributed by atoms with E-state index in [1.807, 2.05) is 60.9 Å². The minimum Gasteiger partial charge on any atom is -0.497 e. The molecule has 0 atom stereocenters. The highest BCUT2D eigenvalue weighted by molar-refractivity contribution is 8.13. The Labute approximate surface area is 117 Å². The van der Waals surface area contributed by atoms with Crippen LogP contribution in [0.2, 0.25) is 0 Å². The number of amidine groups is 1. The maximum Gasteiger partial charge on any atom is 0.165 e. The largest absolute Gasteiger partial charge is 0.497 e. The number of para-hydroxylation sites is 1. The number of ether oxygens (including phenoxy) is 1. The maximum atomic E-state index is 5.13. The van der Waals surface area contributed by atoms with Crippen LogP contribution >= 0.6 is 11.8 Å². The summed E-state index contributed by atoms with van der Waals surface area (Å²) in [6, 6.07) is 17.7. The van der Waals surface area contributed by atoms with Gasteiger partial charge in [-0.15, -0.1) is 0 Å². The zero-order chi connectivity index (χ0) is 13.5. The number of hydrogen-bond donors (Lipinski definition) is 1. The van der Waals surface area contributed by atoms with Crippen LogP contribution in [-0.2, 0) is 0 Å². The Morgan fingerprint density at radius 1 is 1.05 bits per heavy atom. The highest BCUT2D eigenvalue weighted by Crippen LogP contribution is 2.20. The molecule has 0 unspecified atom stereocenters. The third-order valence-electron chi connectivity index (χ3n) is 2.52. The first-order valence-corrected chi connectivity index (χ1v) is 7.13. The number of nitrogens with one attached hydrogen (secondary N) is 1. The third kappa shape index (κ3) is 4.03. The van der Waals surface area contributed by atoms with Crippen LogP contribution in [0.5, 0.6) is 5.75 Å². The van der Waals surface area contributed by atoms with E-state index < -0.39 is 0 Å². The molecule has 0 saturated heterocycles. The van der Waals surface area contributed by atoms with Crippen molar-refractivity contribution >= 4 is 28.3 Å². The van der Waals surface area contributed by atoms with Crippen LogP contribution < -0.4 is 10.1 Å². The lowest BCUT2D eigenvalue weighted by molar-refractivity contribution is 0.415. The molecule has 0 amide bonds. The number of hydrogen-bond acceptors (Lipinski definition) is 3. The summed E-state index contributed by atoms with van der Waals surface area (Å²) < 4.78 is 5.13. The fourth-order valence-electron chi connectivity index (χ4n) is 1.54. The predicted octanol–water partition coefficient (Wildman–Crippen LogP) is 4.16. The van der Waals surface area contributed by atoms with Crippen LogP contribution in [0.1, 0.15) is 0 Å². The summed E-state index contributed by atoms with van der Waals surface area (Å²) in [6.45, 7) is 0. The molecule has 0 spiro atoms. The monoisotopic (exact) mass is 272 g/mol. The third-order valence-corrected chi connectivity index (χ3v) is 3.10. The standard InChI is InChI=1S/C15H16N2OS/c1-18-14-10-8-13(9-11-14)17-15(19-2)16-12-6-4-3-5-7-12/h3-11H,1-2H3,(H,16,17). The van der Waals surface area contributed by atoms with Gasteiger partial charge < -0.3 is 10.1 Å². The lowest BCUT2D eigenvalue weighted by Gasteiger charge is -2.07. The second-order valence-corrected chi connectivity index (χ2v) is 4.61. The Kier molecular flexibility index (Phi) is 4.86. The normalized spacial score (nSPS) is 11.2. The number of methoxy groups -OCH3 is 1. The predicted molar refractivity (Wildman–Crippen MR) is 83.7 cm³/mol. The minimum atomic E-state index is 0.834. The molecule has 2 rings (SSSR count). The van der Waals surface area contributed by atoms with Crippen molar-refractivity contribution in [2.45, 2.75) is 0 Å². The quantitative estimate of drug-likeness (QED) is 0.673. The van der Waals surface area contributed by atoms with Crippen LogP contribution in [0.4, 0.5) is 11.4 Å². The molecule has 0 aliphatic carbocycles. The van der Waals surface area contributed by atoms with Crippen molar-refractivity contribution in [2.24, 2.45) is 4.99 Å². The maximum absolute atomic E-state index is 5.13. The number of nitrogens with zero attached hydrogens (tertiary/aromatic N) is 1. The molecular weight excluding hydrogens is 256 g/mol. The van der Waals surface area contributed by atoms with Crippen LogP contribution in [0.25, 0.3) is 0 Å². The van der Waals surface area contributed by atoms with Crippen molar-refractivity contribution in [1.82, 2.24) is 0 Å². The molecule has 0 aliphatic rings. The highest BCUT2D eigenvalue weighted by Gasteiger charge is 1.99. The fraction of sp³-hybridized carbons (Fsp3) is 0.133. The number of rotatable bonds is 3. The summed E-state index contributed by atoms with van der Waals surface area (Å²) in [5.41, 5.74) is 1.93. The van der Waals surface area contributed by atoms with Crippen molar-refractivity contribution in [1.29, 1.82) is 0 Å². The lowest BCUT2D eigenvalue weighted by Crippen LogP contribution is -2.06. The number of benzene rings is 2. The SMILES string of the molecule is COc1ccc(N=C(Nc2ccccc2)SC)cc1. The summed E-state index contributed by atoms with van der Waals surface area (Å²) in [5.74, 6) is 0.834. The molecule has 3 nitrogen and oxygen atoms in total. The second-order valence-electron chi connectivity index (χ2n) is 3.81. The van der Waals surface area contributed by atoms with E-state index in [9.17, 15) is 0 Å². The Morgan fingerprint density at radius 2 is 1.74 bits per heavy atom. The zero-order valence-corrected chi connectivity index (χ0v) is 11.8. The van der Waals surface area contributed by atoms with E-state index in [0.717, 1.165) is 22.3 Å². The van der Waals surface area contributed by atoms with E-state index in [0.29, 0.717) is 0 Å².